The van der Waals surface area contributed by atoms with Crippen molar-refractivity contribution in [2.24, 2.45) is 0 Å². The van der Waals surface area contributed by atoms with Crippen LogP contribution in [-0.2, 0) is 14.3 Å². The number of imide groups is 1. The van der Waals surface area contributed by atoms with Crippen LogP contribution in [0, 0.1) is 0 Å². The fourth-order valence-electron chi connectivity index (χ4n) is 3.30. The van der Waals surface area contributed by atoms with Crippen LogP contribution in [0.25, 0.3) is 16.8 Å². The monoisotopic (exact) mass is 371 g/mol. The maximum Gasteiger partial charge on any atom is 0.337 e. The van der Waals surface area contributed by atoms with Crippen LogP contribution in [0.4, 0.5) is 5.69 Å². The number of benzene rings is 3. The van der Waals surface area contributed by atoms with Crippen molar-refractivity contribution in [3.63, 3.8) is 0 Å². The Bertz CT molecular complexity index is 1130. The number of anilines is 1. The molecule has 0 atom stereocenters. The Morgan fingerprint density at radius 1 is 0.964 bits per heavy atom. The fraction of sp³-hybridized carbons (Fsp3) is 0.0870. The highest BCUT2D eigenvalue weighted by Gasteiger charge is 2.35. The highest BCUT2D eigenvalue weighted by molar-refractivity contribution is 6.29. The van der Waals surface area contributed by atoms with Gasteiger partial charge in [0.15, 0.2) is 0 Å². The number of hydrogen-bond acceptors (Lipinski definition) is 4. The normalized spacial score (nSPS) is 15.5. The second kappa shape index (κ2) is 7.12. The van der Waals surface area contributed by atoms with E-state index in [1.54, 1.807) is 36.4 Å². The molecule has 138 valence electrons. The van der Waals surface area contributed by atoms with Gasteiger partial charge >= 0.3 is 5.97 Å². The lowest BCUT2D eigenvalue weighted by molar-refractivity contribution is -0.120. The van der Waals surface area contributed by atoms with E-state index in [2.05, 4.69) is 4.74 Å². The van der Waals surface area contributed by atoms with Gasteiger partial charge < -0.3 is 4.74 Å². The summed E-state index contributed by atoms with van der Waals surface area (Å²) in [6.07, 6.45) is 1.73. The standard InChI is InChI=1S/C23H17NO4/c1-28-23(27)17-8-6-15(7-9-17)12-19-14-21(25)24(22(19)26)20-11-10-16-4-2-3-5-18(16)13-20/h2-13H,14H2,1H3. The molecule has 1 aliphatic heterocycles. The van der Waals surface area contributed by atoms with Crippen LogP contribution >= 0.6 is 0 Å². The Kier molecular flexibility index (Phi) is 4.49. The van der Waals surface area contributed by atoms with Crippen molar-refractivity contribution in [3.05, 3.63) is 83.4 Å². The Morgan fingerprint density at radius 3 is 2.39 bits per heavy atom. The third kappa shape index (κ3) is 3.18. The zero-order chi connectivity index (χ0) is 19.7. The molecule has 0 N–H and O–H groups in total. The number of amides is 2. The van der Waals surface area contributed by atoms with Crippen LogP contribution in [-0.4, -0.2) is 24.9 Å². The van der Waals surface area contributed by atoms with Crippen LogP contribution in [0.3, 0.4) is 0 Å². The van der Waals surface area contributed by atoms with E-state index in [-0.39, 0.29) is 18.2 Å². The van der Waals surface area contributed by atoms with Gasteiger partial charge in [-0.2, -0.15) is 0 Å². The molecule has 4 rings (SSSR count). The molecule has 0 aliphatic carbocycles. The van der Waals surface area contributed by atoms with E-state index in [1.165, 1.54) is 12.0 Å². The van der Waals surface area contributed by atoms with Crippen LogP contribution in [0.2, 0.25) is 0 Å². The number of esters is 1. The molecule has 0 spiro atoms. The summed E-state index contributed by atoms with van der Waals surface area (Å²) >= 11 is 0. The van der Waals surface area contributed by atoms with Gasteiger partial charge in [0.25, 0.3) is 5.91 Å². The van der Waals surface area contributed by atoms with Crippen LogP contribution in [0.5, 0.6) is 0 Å². The lowest BCUT2D eigenvalue weighted by atomic mass is 10.1. The summed E-state index contributed by atoms with van der Waals surface area (Å²) in [5, 5.41) is 2.02. The quantitative estimate of drug-likeness (QED) is 0.397. The van der Waals surface area contributed by atoms with E-state index in [0.29, 0.717) is 16.8 Å². The first kappa shape index (κ1) is 17.7. The molecule has 1 saturated heterocycles. The minimum absolute atomic E-state index is 0.0460. The lowest BCUT2D eigenvalue weighted by Crippen LogP contribution is -2.28. The lowest BCUT2D eigenvalue weighted by Gasteiger charge is -2.14. The Morgan fingerprint density at radius 2 is 1.68 bits per heavy atom. The first-order chi connectivity index (χ1) is 13.6. The molecular formula is C23H17NO4. The van der Waals surface area contributed by atoms with Gasteiger partial charge in [0.1, 0.15) is 0 Å². The van der Waals surface area contributed by atoms with Gasteiger partial charge in [0.2, 0.25) is 5.91 Å². The van der Waals surface area contributed by atoms with Gasteiger partial charge in [-0.15, -0.1) is 0 Å². The van der Waals surface area contributed by atoms with Crippen molar-refractivity contribution in [3.8, 4) is 0 Å². The molecule has 0 bridgehead atoms. The van der Waals surface area contributed by atoms with Crippen LogP contribution in [0.1, 0.15) is 22.3 Å². The van der Waals surface area contributed by atoms with Crippen LogP contribution < -0.4 is 4.90 Å². The number of nitrogens with zero attached hydrogens (tertiary/aromatic N) is 1. The third-order valence-electron chi connectivity index (χ3n) is 4.73. The molecular weight excluding hydrogens is 354 g/mol. The zero-order valence-corrected chi connectivity index (χ0v) is 15.2. The molecule has 5 heteroatoms. The first-order valence-corrected chi connectivity index (χ1v) is 8.82. The fourth-order valence-corrected chi connectivity index (χ4v) is 3.30. The number of carbonyl (C=O) groups is 3. The summed E-state index contributed by atoms with van der Waals surface area (Å²) in [4.78, 5) is 38.1. The largest absolute Gasteiger partial charge is 0.465 e. The van der Waals surface area contributed by atoms with Crippen molar-refractivity contribution in [2.45, 2.75) is 6.42 Å². The molecule has 1 heterocycles. The average molecular weight is 371 g/mol. The first-order valence-electron chi connectivity index (χ1n) is 8.82. The second-order valence-corrected chi connectivity index (χ2v) is 6.53. The SMILES string of the molecule is COC(=O)c1ccc(C=C2CC(=O)N(c3ccc4ccccc4c3)C2=O)cc1. The Labute approximate surface area is 161 Å². The minimum atomic E-state index is -0.422. The summed E-state index contributed by atoms with van der Waals surface area (Å²) in [5.74, 6) is -0.996. The van der Waals surface area contributed by atoms with E-state index in [4.69, 9.17) is 0 Å². The molecule has 3 aromatic carbocycles. The predicted octanol–water partition coefficient (Wildman–Crippen LogP) is 3.97. The number of fused-ring (bicyclic) bond motifs is 1. The second-order valence-electron chi connectivity index (χ2n) is 6.53. The summed E-state index contributed by atoms with van der Waals surface area (Å²) in [6, 6.07) is 20.0. The molecule has 0 radical (unpaired) electrons. The number of methoxy groups -OCH3 is 1. The number of carbonyl (C=O) groups excluding carboxylic acids is 3. The topological polar surface area (TPSA) is 63.7 Å². The third-order valence-corrected chi connectivity index (χ3v) is 4.73. The zero-order valence-electron chi connectivity index (χ0n) is 15.2. The molecule has 0 aromatic heterocycles. The van der Waals surface area contributed by atoms with Crippen molar-refractivity contribution in [1.82, 2.24) is 0 Å². The summed E-state index contributed by atoms with van der Waals surface area (Å²) in [5.41, 5.74) is 2.16. The molecule has 0 saturated carbocycles. The maximum absolute atomic E-state index is 12.8. The maximum atomic E-state index is 12.8. The summed E-state index contributed by atoms with van der Waals surface area (Å²) < 4.78 is 4.67. The van der Waals surface area contributed by atoms with Crippen molar-refractivity contribution < 1.29 is 19.1 Å². The number of ether oxygens (including phenoxy) is 1. The predicted molar refractivity (Wildman–Crippen MR) is 107 cm³/mol. The number of hydrogen-bond donors (Lipinski definition) is 0. The minimum Gasteiger partial charge on any atom is -0.465 e. The van der Waals surface area contributed by atoms with E-state index < -0.39 is 5.97 Å². The van der Waals surface area contributed by atoms with Crippen molar-refractivity contribution >= 4 is 40.3 Å². The molecule has 3 aromatic rings. The van der Waals surface area contributed by atoms with Crippen molar-refractivity contribution in [1.29, 1.82) is 0 Å². The number of rotatable bonds is 3. The molecule has 2 amide bonds. The van der Waals surface area contributed by atoms with Gasteiger partial charge in [-0.1, -0.05) is 42.5 Å². The average Bonchev–Trinajstić information content (AvgIpc) is 3.00. The van der Waals surface area contributed by atoms with Gasteiger partial charge in [0, 0.05) is 5.57 Å². The van der Waals surface area contributed by atoms with Gasteiger partial charge in [-0.3, -0.25) is 9.59 Å². The molecule has 1 aliphatic rings. The molecule has 28 heavy (non-hydrogen) atoms. The highest BCUT2D eigenvalue weighted by Crippen LogP contribution is 2.29. The Hall–Kier alpha value is -3.73. The molecule has 5 nitrogen and oxygen atoms in total. The van der Waals surface area contributed by atoms with E-state index in [1.807, 2.05) is 36.4 Å². The van der Waals surface area contributed by atoms with E-state index in [9.17, 15) is 14.4 Å². The van der Waals surface area contributed by atoms with Gasteiger partial charge in [-0.25, -0.2) is 9.69 Å². The van der Waals surface area contributed by atoms with Gasteiger partial charge in [0.05, 0.1) is 24.8 Å². The summed E-state index contributed by atoms with van der Waals surface area (Å²) in [7, 11) is 1.32. The van der Waals surface area contributed by atoms with Crippen molar-refractivity contribution in [2.75, 3.05) is 12.0 Å². The van der Waals surface area contributed by atoms with Gasteiger partial charge in [-0.05, 0) is 46.7 Å². The molecule has 0 unspecified atom stereocenters. The Balaban J connectivity index is 1.62. The smallest absolute Gasteiger partial charge is 0.337 e. The molecule has 1 fully saturated rings. The summed E-state index contributed by atoms with van der Waals surface area (Å²) in [6.45, 7) is 0. The highest BCUT2D eigenvalue weighted by atomic mass is 16.5. The van der Waals surface area contributed by atoms with E-state index >= 15 is 0 Å². The van der Waals surface area contributed by atoms with E-state index in [0.717, 1.165) is 16.3 Å². The van der Waals surface area contributed by atoms with Crippen LogP contribution in [0.15, 0.2) is 72.3 Å².